The molecule has 154 valence electrons. The number of fused-ring (bicyclic) bond motifs is 1. The zero-order valence-electron chi connectivity index (χ0n) is 16.1. The van der Waals surface area contributed by atoms with E-state index in [1.54, 1.807) is 6.33 Å². The van der Waals surface area contributed by atoms with E-state index in [9.17, 15) is 17.6 Å². The normalized spacial score (nSPS) is 21.0. The first-order valence-electron chi connectivity index (χ1n) is 9.34. The molecular weight excluding hydrogens is 386 g/mol. The molecule has 2 heterocycles. The quantitative estimate of drug-likeness (QED) is 0.590. The van der Waals surface area contributed by atoms with Crippen LogP contribution in [-0.4, -0.2) is 33.6 Å². The van der Waals surface area contributed by atoms with Gasteiger partial charge in [0.15, 0.2) is 0 Å². The third kappa shape index (κ3) is 4.13. The highest BCUT2D eigenvalue weighted by Crippen LogP contribution is 2.32. The van der Waals surface area contributed by atoms with Crippen LogP contribution in [0.4, 0.5) is 17.6 Å². The number of imidazole rings is 1. The predicted molar refractivity (Wildman–Crippen MR) is 101 cm³/mol. The van der Waals surface area contributed by atoms with Crippen LogP contribution in [0.2, 0.25) is 0 Å². The molecule has 0 bridgehead atoms. The van der Waals surface area contributed by atoms with Crippen LogP contribution in [0, 0.1) is 5.82 Å². The molecule has 0 saturated carbocycles. The second-order valence-electron chi connectivity index (χ2n) is 7.55. The number of hydrogen-bond acceptors (Lipinski definition) is 3. The average Bonchev–Trinajstić information content (AvgIpc) is 3.03. The van der Waals surface area contributed by atoms with Gasteiger partial charge in [0, 0.05) is 26.2 Å². The summed E-state index contributed by atoms with van der Waals surface area (Å²) in [5.41, 5.74) is 2.18. The molecule has 0 amide bonds. The van der Waals surface area contributed by atoms with Gasteiger partial charge in [-0.2, -0.15) is 13.2 Å². The lowest BCUT2D eigenvalue weighted by molar-refractivity contribution is -0.137. The standard InChI is InChI=1S/C21H21F4N3O/c1-13-11-29-20(15-3-4-18-19(7-15)27(2)12-26-18)10-28(13)9-14-5-16(21(23,24)25)8-17(22)6-14/h3-8,12-13,20H,9-11H2,1-2H3. The van der Waals surface area contributed by atoms with Crippen molar-refractivity contribution in [3.05, 3.63) is 65.2 Å². The fourth-order valence-corrected chi connectivity index (χ4v) is 3.71. The van der Waals surface area contributed by atoms with Gasteiger partial charge in [-0.05, 0) is 48.4 Å². The smallest absolute Gasteiger partial charge is 0.371 e. The van der Waals surface area contributed by atoms with E-state index in [1.807, 2.05) is 41.6 Å². The van der Waals surface area contributed by atoms with E-state index in [4.69, 9.17) is 4.74 Å². The summed E-state index contributed by atoms with van der Waals surface area (Å²) in [4.78, 5) is 6.33. The van der Waals surface area contributed by atoms with Gasteiger partial charge in [-0.3, -0.25) is 4.90 Å². The first-order valence-corrected chi connectivity index (χ1v) is 9.34. The van der Waals surface area contributed by atoms with E-state index in [2.05, 4.69) is 4.98 Å². The molecule has 0 radical (unpaired) electrons. The number of aromatic nitrogens is 2. The second-order valence-corrected chi connectivity index (χ2v) is 7.55. The van der Waals surface area contributed by atoms with Crippen LogP contribution in [0.15, 0.2) is 42.7 Å². The van der Waals surface area contributed by atoms with Gasteiger partial charge in [-0.1, -0.05) is 6.07 Å². The molecule has 4 rings (SSSR count). The van der Waals surface area contributed by atoms with E-state index in [0.29, 0.717) is 24.8 Å². The molecule has 0 aliphatic carbocycles. The number of aryl methyl sites for hydroxylation is 1. The van der Waals surface area contributed by atoms with Gasteiger partial charge in [-0.25, -0.2) is 9.37 Å². The summed E-state index contributed by atoms with van der Waals surface area (Å²) in [6.45, 7) is 3.11. The van der Waals surface area contributed by atoms with E-state index in [-0.39, 0.29) is 18.7 Å². The van der Waals surface area contributed by atoms with E-state index < -0.39 is 17.6 Å². The number of halogens is 4. The van der Waals surface area contributed by atoms with Crippen molar-refractivity contribution < 1.29 is 22.3 Å². The van der Waals surface area contributed by atoms with Crippen molar-refractivity contribution in [3.8, 4) is 0 Å². The zero-order chi connectivity index (χ0) is 20.8. The van der Waals surface area contributed by atoms with Gasteiger partial charge in [0.25, 0.3) is 0 Å². The summed E-state index contributed by atoms with van der Waals surface area (Å²) >= 11 is 0. The molecule has 3 aromatic rings. The monoisotopic (exact) mass is 407 g/mol. The lowest BCUT2D eigenvalue weighted by Crippen LogP contribution is -2.44. The number of morpholine rings is 1. The highest BCUT2D eigenvalue weighted by Gasteiger charge is 2.32. The third-order valence-electron chi connectivity index (χ3n) is 5.35. The average molecular weight is 407 g/mol. The van der Waals surface area contributed by atoms with Gasteiger partial charge in [0.1, 0.15) is 5.82 Å². The fourth-order valence-electron chi connectivity index (χ4n) is 3.71. The number of alkyl halides is 3. The van der Waals surface area contributed by atoms with Crippen LogP contribution in [0.3, 0.4) is 0 Å². The largest absolute Gasteiger partial charge is 0.416 e. The lowest BCUT2D eigenvalue weighted by atomic mass is 10.0. The maximum atomic E-state index is 13.8. The molecule has 2 aromatic carbocycles. The minimum absolute atomic E-state index is 0.00397. The minimum atomic E-state index is -4.57. The fraction of sp³-hybridized carbons (Fsp3) is 0.381. The van der Waals surface area contributed by atoms with Crippen LogP contribution >= 0.6 is 0 Å². The Kier molecular flexibility index (Phi) is 5.08. The van der Waals surface area contributed by atoms with E-state index >= 15 is 0 Å². The SMILES string of the molecule is CC1COC(c2ccc3ncn(C)c3c2)CN1Cc1cc(F)cc(C(F)(F)F)c1. The van der Waals surface area contributed by atoms with Gasteiger partial charge < -0.3 is 9.30 Å². The molecule has 1 aliphatic rings. The predicted octanol–water partition coefficient (Wildman–Crippen LogP) is 4.69. The molecule has 1 fully saturated rings. The van der Waals surface area contributed by atoms with Crippen molar-refractivity contribution >= 4 is 11.0 Å². The summed E-state index contributed by atoms with van der Waals surface area (Å²) in [6, 6.07) is 8.61. The molecule has 29 heavy (non-hydrogen) atoms. The summed E-state index contributed by atoms with van der Waals surface area (Å²) in [5, 5.41) is 0. The Balaban J connectivity index is 1.56. The van der Waals surface area contributed by atoms with Gasteiger partial charge >= 0.3 is 6.18 Å². The molecule has 1 saturated heterocycles. The molecule has 2 unspecified atom stereocenters. The second kappa shape index (κ2) is 7.42. The van der Waals surface area contributed by atoms with Crippen LogP contribution in [0.1, 0.15) is 29.7 Å². The molecule has 8 heteroatoms. The Labute approximate surface area is 165 Å². The van der Waals surface area contributed by atoms with Crippen molar-refractivity contribution in [2.45, 2.75) is 31.8 Å². The lowest BCUT2D eigenvalue weighted by Gasteiger charge is -2.38. The number of benzene rings is 2. The summed E-state index contributed by atoms with van der Waals surface area (Å²) in [5.74, 6) is -0.881. The summed E-state index contributed by atoms with van der Waals surface area (Å²) in [7, 11) is 1.91. The summed E-state index contributed by atoms with van der Waals surface area (Å²) in [6.07, 6.45) is -3.05. The number of hydrogen-bond donors (Lipinski definition) is 0. The van der Waals surface area contributed by atoms with Gasteiger partial charge in [0.2, 0.25) is 0 Å². The Morgan fingerprint density at radius 3 is 2.72 bits per heavy atom. The van der Waals surface area contributed by atoms with Crippen LogP contribution < -0.4 is 0 Å². The Bertz CT molecular complexity index is 1030. The van der Waals surface area contributed by atoms with Crippen molar-refractivity contribution in [3.63, 3.8) is 0 Å². The maximum absolute atomic E-state index is 13.8. The van der Waals surface area contributed by atoms with E-state index in [1.165, 1.54) is 0 Å². The first kappa shape index (κ1) is 19.8. The first-order chi connectivity index (χ1) is 13.7. The minimum Gasteiger partial charge on any atom is -0.371 e. The molecular formula is C21H21F4N3O. The van der Waals surface area contributed by atoms with Crippen LogP contribution in [0.5, 0.6) is 0 Å². The van der Waals surface area contributed by atoms with Crippen molar-refractivity contribution in [2.24, 2.45) is 7.05 Å². The Morgan fingerprint density at radius 1 is 1.17 bits per heavy atom. The molecule has 1 aromatic heterocycles. The molecule has 1 aliphatic heterocycles. The van der Waals surface area contributed by atoms with Crippen molar-refractivity contribution in [1.29, 1.82) is 0 Å². The number of rotatable bonds is 3. The summed E-state index contributed by atoms with van der Waals surface area (Å²) < 4.78 is 60.7. The van der Waals surface area contributed by atoms with Crippen molar-refractivity contribution in [1.82, 2.24) is 14.5 Å². The van der Waals surface area contributed by atoms with Crippen LogP contribution in [-0.2, 0) is 24.5 Å². The molecule has 0 N–H and O–H groups in total. The third-order valence-corrected chi connectivity index (χ3v) is 5.35. The van der Waals surface area contributed by atoms with Crippen molar-refractivity contribution in [2.75, 3.05) is 13.2 Å². The molecule has 0 spiro atoms. The Morgan fingerprint density at radius 2 is 1.97 bits per heavy atom. The zero-order valence-corrected chi connectivity index (χ0v) is 16.1. The van der Waals surface area contributed by atoms with Gasteiger partial charge in [0.05, 0.1) is 35.6 Å². The highest BCUT2D eigenvalue weighted by molar-refractivity contribution is 5.76. The van der Waals surface area contributed by atoms with Crippen LogP contribution in [0.25, 0.3) is 11.0 Å². The maximum Gasteiger partial charge on any atom is 0.416 e. The molecule has 4 nitrogen and oxygen atoms in total. The number of nitrogens with zero attached hydrogens (tertiary/aromatic N) is 3. The highest BCUT2D eigenvalue weighted by atomic mass is 19.4. The topological polar surface area (TPSA) is 30.3 Å². The molecule has 2 atom stereocenters. The number of ether oxygens (including phenoxy) is 1. The van der Waals surface area contributed by atoms with Gasteiger partial charge in [-0.15, -0.1) is 0 Å². The van der Waals surface area contributed by atoms with E-state index in [0.717, 1.165) is 28.7 Å². The Hall–Kier alpha value is -2.45.